The topological polar surface area (TPSA) is 81.1 Å². The molecule has 2 heterocycles. The first-order valence-corrected chi connectivity index (χ1v) is 10.3. The number of nitrogens with zero attached hydrogens (tertiary/aromatic N) is 2. The average molecular weight is 395 g/mol. The minimum absolute atomic E-state index is 0.0486. The van der Waals surface area contributed by atoms with E-state index in [1.54, 1.807) is 42.5 Å². The van der Waals surface area contributed by atoms with Gasteiger partial charge in [-0.2, -0.15) is 0 Å². The van der Waals surface area contributed by atoms with Gasteiger partial charge in [-0.15, -0.1) is 11.3 Å². The fraction of sp³-hybridized carbons (Fsp3) is 0.333. The largest absolute Gasteiger partial charge is 0.326 e. The number of ketones is 1. The summed E-state index contributed by atoms with van der Waals surface area (Å²) >= 11 is 1.60. The van der Waals surface area contributed by atoms with Crippen molar-refractivity contribution < 1.29 is 9.59 Å². The number of hydrogen-bond donors (Lipinski definition) is 1. The molecule has 3 aromatic rings. The monoisotopic (exact) mass is 395 g/mol. The van der Waals surface area contributed by atoms with Gasteiger partial charge in [-0.1, -0.05) is 6.92 Å². The molecule has 28 heavy (non-hydrogen) atoms. The van der Waals surface area contributed by atoms with Crippen LogP contribution in [0.1, 0.15) is 47.0 Å². The van der Waals surface area contributed by atoms with Crippen molar-refractivity contribution in [3.63, 3.8) is 0 Å². The Balaban J connectivity index is 1.58. The van der Waals surface area contributed by atoms with Gasteiger partial charge >= 0.3 is 0 Å². The number of carbonyl (C=O) groups excluding carboxylic acids is 2. The standard InChI is InChI=1S/C21H21N3O3S/c1-2-18(26)23-14-9-7-13(8-10-14)16(25)11-24-12-22-20-19(21(24)27)15-5-3-4-6-17(15)28-20/h7-10,12H,2-6,11H2,1H3,(H,23,26). The SMILES string of the molecule is CCC(=O)Nc1ccc(C(=O)Cn2cnc3sc4c(c3c2=O)CCCC4)cc1. The van der Waals surface area contributed by atoms with Gasteiger partial charge in [-0.05, 0) is 55.5 Å². The number of aryl methyl sites for hydroxylation is 2. The predicted molar refractivity (Wildman–Crippen MR) is 110 cm³/mol. The van der Waals surface area contributed by atoms with E-state index in [0.717, 1.165) is 36.1 Å². The minimum Gasteiger partial charge on any atom is -0.326 e. The zero-order valence-electron chi connectivity index (χ0n) is 15.7. The summed E-state index contributed by atoms with van der Waals surface area (Å²) in [5.74, 6) is -0.246. The highest BCUT2D eigenvalue weighted by Gasteiger charge is 2.20. The number of amides is 1. The van der Waals surface area contributed by atoms with E-state index < -0.39 is 0 Å². The molecule has 1 aliphatic rings. The number of Topliss-reactive ketones (excluding diaryl/α,β-unsaturated/α-hetero) is 1. The summed E-state index contributed by atoms with van der Waals surface area (Å²) in [6, 6.07) is 6.72. The summed E-state index contributed by atoms with van der Waals surface area (Å²) in [6.07, 6.45) is 6.03. The Bertz CT molecular complexity index is 1110. The molecule has 1 aromatic carbocycles. The lowest BCUT2D eigenvalue weighted by molar-refractivity contribution is -0.115. The fourth-order valence-electron chi connectivity index (χ4n) is 3.53. The van der Waals surface area contributed by atoms with E-state index in [2.05, 4.69) is 10.3 Å². The van der Waals surface area contributed by atoms with Crippen molar-refractivity contribution >= 4 is 38.9 Å². The molecule has 4 rings (SSSR count). The van der Waals surface area contributed by atoms with E-state index in [1.165, 1.54) is 15.8 Å². The maximum Gasteiger partial charge on any atom is 0.262 e. The molecule has 0 saturated heterocycles. The van der Waals surface area contributed by atoms with Gasteiger partial charge in [-0.3, -0.25) is 19.0 Å². The third kappa shape index (κ3) is 3.49. The third-order valence-corrected chi connectivity index (χ3v) is 6.27. The van der Waals surface area contributed by atoms with E-state index in [9.17, 15) is 14.4 Å². The summed E-state index contributed by atoms with van der Waals surface area (Å²) in [5, 5.41) is 3.44. The molecule has 0 radical (unpaired) electrons. The Morgan fingerprint density at radius 2 is 1.93 bits per heavy atom. The van der Waals surface area contributed by atoms with Crippen LogP contribution < -0.4 is 10.9 Å². The highest BCUT2D eigenvalue weighted by molar-refractivity contribution is 7.18. The van der Waals surface area contributed by atoms with Gasteiger partial charge in [0.2, 0.25) is 5.91 Å². The van der Waals surface area contributed by atoms with Crippen molar-refractivity contribution in [2.75, 3.05) is 5.32 Å². The molecular formula is C21H21N3O3S. The Morgan fingerprint density at radius 3 is 2.68 bits per heavy atom. The van der Waals surface area contributed by atoms with Gasteiger partial charge in [0.25, 0.3) is 5.56 Å². The van der Waals surface area contributed by atoms with Crippen LogP contribution in [0.3, 0.4) is 0 Å². The fourth-order valence-corrected chi connectivity index (χ4v) is 4.75. The van der Waals surface area contributed by atoms with Crippen LogP contribution in [0, 0.1) is 0 Å². The molecule has 0 fully saturated rings. The van der Waals surface area contributed by atoms with Crippen LogP contribution in [-0.4, -0.2) is 21.2 Å². The maximum atomic E-state index is 13.0. The van der Waals surface area contributed by atoms with Crippen molar-refractivity contribution in [1.29, 1.82) is 0 Å². The van der Waals surface area contributed by atoms with Crippen molar-refractivity contribution in [3.05, 3.63) is 57.0 Å². The van der Waals surface area contributed by atoms with Crippen LogP contribution in [0.15, 0.2) is 35.4 Å². The van der Waals surface area contributed by atoms with Gasteiger partial charge in [0.1, 0.15) is 4.83 Å². The van der Waals surface area contributed by atoms with E-state index in [4.69, 9.17) is 0 Å². The number of nitrogens with one attached hydrogen (secondary N) is 1. The number of aromatic nitrogens is 2. The molecule has 6 nitrogen and oxygen atoms in total. The summed E-state index contributed by atoms with van der Waals surface area (Å²) in [6.45, 7) is 1.73. The second kappa shape index (κ2) is 7.67. The smallest absolute Gasteiger partial charge is 0.262 e. The van der Waals surface area contributed by atoms with Crippen LogP contribution in [-0.2, 0) is 24.2 Å². The lowest BCUT2D eigenvalue weighted by Crippen LogP contribution is -2.25. The molecule has 144 valence electrons. The van der Waals surface area contributed by atoms with Crippen LogP contribution in [0.4, 0.5) is 5.69 Å². The number of hydrogen-bond acceptors (Lipinski definition) is 5. The van der Waals surface area contributed by atoms with E-state index in [-0.39, 0.29) is 23.8 Å². The molecule has 1 amide bonds. The molecule has 7 heteroatoms. The van der Waals surface area contributed by atoms with Gasteiger partial charge in [0.15, 0.2) is 5.78 Å². The number of carbonyl (C=O) groups is 2. The molecule has 0 unspecified atom stereocenters. The molecule has 2 aromatic heterocycles. The second-order valence-corrected chi connectivity index (χ2v) is 8.05. The zero-order chi connectivity index (χ0) is 19.7. The summed E-state index contributed by atoms with van der Waals surface area (Å²) in [4.78, 5) is 43.5. The molecule has 0 spiro atoms. The van der Waals surface area contributed by atoms with Gasteiger partial charge in [0, 0.05) is 22.5 Å². The first-order valence-electron chi connectivity index (χ1n) is 9.49. The van der Waals surface area contributed by atoms with E-state index in [1.807, 2.05) is 0 Å². The molecule has 0 aliphatic heterocycles. The number of benzene rings is 1. The summed E-state index contributed by atoms with van der Waals surface area (Å²) in [7, 11) is 0. The van der Waals surface area contributed by atoms with Crippen molar-refractivity contribution in [3.8, 4) is 0 Å². The van der Waals surface area contributed by atoms with Crippen molar-refractivity contribution in [2.45, 2.75) is 45.6 Å². The highest BCUT2D eigenvalue weighted by atomic mass is 32.1. The lowest BCUT2D eigenvalue weighted by atomic mass is 9.97. The summed E-state index contributed by atoms with van der Waals surface area (Å²) in [5.41, 5.74) is 2.13. The first-order chi connectivity index (χ1) is 13.6. The van der Waals surface area contributed by atoms with Crippen molar-refractivity contribution in [1.82, 2.24) is 9.55 Å². The molecule has 0 bridgehead atoms. The molecule has 0 saturated carbocycles. The van der Waals surface area contributed by atoms with Gasteiger partial charge in [-0.25, -0.2) is 4.98 Å². The third-order valence-electron chi connectivity index (χ3n) is 5.07. The molecule has 0 atom stereocenters. The lowest BCUT2D eigenvalue weighted by Gasteiger charge is -2.10. The molecule has 1 N–H and O–H groups in total. The minimum atomic E-state index is -0.166. The van der Waals surface area contributed by atoms with E-state index in [0.29, 0.717) is 23.1 Å². The second-order valence-electron chi connectivity index (χ2n) is 6.97. The average Bonchev–Trinajstić information content (AvgIpc) is 3.09. The summed E-state index contributed by atoms with van der Waals surface area (Å²) < 4.78 is 1.40. The number of rotatable bonds is 5. The first kappa shape index (κ1) is 18.6. The highest BCUT2D eigenvalue weighted by Crippen LogP contribution is 2.33. The van der Waals surface area contributed by atoms with Crippen LogP contribution in [0.5, 0.6) is 0 Å². The van der Waals surface area contributed by atoms with Crippen LogP contribution >= 0.6 is 11.3 Å². The van der Waals surface area contributed by atoms with Gasteiger partial charge in [0.05, 0.1) is 18.3 Å². The van der Waals surface area contributed by atoms with Crippen molar-refractivity contribution in [2.24, 2.45) is 0 Å². The normalized spacial score (nSPS) is 13.3. The van der Waals surface area contributed by atoms with Crippen LogP contribution in [0.25, 0.3) is 10.2 Å². The Morgan fingerprint density at radius 1 is 1.18 bits per heavy atom. The van der Waals surface area contributed by atoms with E-state index >= 15 is 0 Å². The molecule has 1 aliphatic carbocycles. The number of thiophene rings is 1. The Hall–Kier alpha value is -2.80. The van der Waals surface area contributed by atoms with Crippen LogP contribution in [0.2, 0.25) is 0 Å². The number of fused-ring (bicyclic) bond motifs is 3. The Kier molecular flexibility index (Phi) is 5.09. The molecular weight excluding hydrogens is 374 g/mol. The zero-order valence-corrected chi connectivity index (χ0v) is 16.5. The predicted octanol–water partition coefficient (Wildman–Crippen LogP) is 3.57. The maximum absolute atomic E-state index is 13.0. The quantitative estimate of drug-likeness (QED) is 0.670. The Labute approximate surface area is 166 Å². The number of anilines is 1. The van der Waals surface area contributed by atoms with Gasteiger partial charge < -0.3 is 5.32 Å².